The van der Waals surface area contributed by atoms with E-state index in [0.717, 1.165) is 6.07 Å². The molecule has 0 bridgehead atoms. The number of nitrogens with zero attached hydrogens (tertiary/aromatic N) is 1. The van der Waals surface area contributed by atoms with Crippen molar-refractivity contribution in [2.24, 2.45) is 0 Å². The van der Waals surface area contributed by atoms with Gasteiger partial charge in [0.05, 0.1) is 11.3 Å². The second-order valence-corrected chi connectivity index (χ2v) is 4.39. The summed E-state index contributed by atoms with van der Waals surface area (Å²) in [5.74, 6) is 0. The lowest BCUT2D eigenvalue weighted by atomic mass is 10.2. The molecular weight excluding hydrogens is 283 g/mol. The molecule has 0 amide bonds. The van der Waals surface area contributed by atoms with E-state index in [1.165, 1.54) is 12.1 Å². The van der Waals surface area contributed by atoms with Crippen molar-refractivity contribution in [3.63, 3.8) is 0 Å². The van der Waals surface area contributed by atoms with Crippen molar-refractivity contribution >= 4 is 21.6 Å². The molecule has 0 spiro atoms. The van der Waals surface area contributed by atoms with Crippen LogP contribution in [0, 0.1) is 0 Å². The first-order valence-corrected chi connectivity index (χ1v) is 5.54. The maximum absolute atomic E-state index is 12.5. The smallest absolute Gasteiger partial charge is 0.363 e. The maximum atomic E-state index is 12.5. The Morgan fingerprint density at radius 3 is 2.31 bits per heavy atom. The Morgan fingerprint density at radius 2 is 1.75 bits per heavy atom. The Morgan fingerprint density at radius 1 is 1.12 bits per heavy atom. The topological polar surface area (TPSA) is 3.24 Å². The highest BCUT2D eigenvalue weighted by atomic mass is 79.9. The fraction of sp³-hybridized carbons (Fsp3) is 0.273. The first-order chi connectivity index (χ1) is 7.48. The van der Waals surface area contributed by atoms with E-state index in [4.69, 9.17) is 0 Å². The van der Waals surface area contributed by atoms with Gasteiger partial charge < -0.3 is 4.90 Å². The van der Waals surface area contributed by atoms with Crippen LogP contribution in [0.5, 0.6) is 0 Å². The van der Waals surface area contributed by atoms with Gasteiger partial charge in [-0.3, -0.25) is 0 Å². The average molecular weight is 292 g/mol. The third-order valence-electron chi connectivity index (χ3n) is 2.43. The molecule has 0 aliphatic carbocycles. The van der Waals surface area contributed by atoms with Gasteiger partial charge >= 0.3 is 6.18 Å². The summed E-state index contributed by atoms with van der Waals surface area (Å²) in [6.07, 6.45) is -0.415. The molecule has 16 heavy (non-hydrogen) atoms. The molecular formula is C11H9BrF3N. The first-order valence-electron chi connectivity index (χ1n) is 4.75. The SMILES string of the molecule is FC(F)(F)c1ccc(Br)c(N2CC=CC2)c1. The van der Waals surface area contributed by atoms with Crippen LogP contribution in [0.25, 0.3) is 0 Å². The van der Waals surface area contributed by atoms with Crippen molar-refractivity contribution in [2.45, 2.75) is 6.18 Å². The van der Waals surface area contributed by atoms with E-state index in [-0.39, 0.29) is 0 Å². The molecule has 5 heteroatoms. The van der Waals surface area contributed by atoms with Crippen LogP contribution in [0.4, 0.5) is 18.9 Å². The summed E-state index contributed by atoms with van der Waals surface area (Å²) in [6, 6.07) is 3.70. The van der Waals surface area contributed by atoms with Crippen molar-refractivity contribution < 1.29 is 13.2 Å². The molecule has 1 aliphatic heterocycles. The molecule has 0 aromatic heterocycles. The lowest BCUT2D eigenvalue weighted by Gasteiger charge is -2.20. The molecule has 1 aliphatic rings. The van der Waals surface area contributed by atoms with Crippen LogP contribution in [0.2, 0.25) is 0 Å². The number of hydrogen-bond acceptors (Lipinski definition) is 1. The van der Waals surface area contributed by atoms with Crippen molar-refractivity contribution in [3.8, 4) is 0 Å². The minimum absolute atomic E-state index is 0.583. The highest BCUT2D eigenvalue weighted by molar-refractivity contribution is 9.10. The van der Waals surface area contributed by atoms with Gasteiger partial charge in [0.1, 0.15) is 0 Å². The van der Waals surface area contributed by atoms with Crippen molar-refractivity contribution in [1.29, 1.82) is 0 Å². The summed E-state index contributed by atoms with van der Waals surface area (Å²) in [5, 5.41) is 0. The maximum Gasteiger partial charge on any atom is 0.416 e. The van der Waals surface area contributed by atoms with E-state index in [2.05, 4.69) is 15.9 Å². The molecule has 0 unspecified atom stereocenters. The van der Waals surface area contributed by atoms with Gasteiger partial charge in [0.2, 0.25) is 0 Å². The average Bonchev–Trinajstić information content (AvgIpc) is 2.69. The van der Waals surface area contributed by atoms with Crippen molar-refractivity contribution in [1.82, 2.24) is 0 Å². The van der Waals surface area contributed by atoms with Crippen molar-refractivity contribution in [3.05, 3.63) is 40.4 Å². The van der Waals surface area contributed by atoms with Crippen LogP contribution >= 0.6 is 15.9 Å². The zero-order chi connectivity index (χ0) is 11.8. The molecule has 1 nitrogen and oxygen atoms in total. The first kappa shape index (κ1) is 11.5. The molecule has 0 saturated carbocycles. The number of hydrogen-bond donors (Lipinski definition) is 0. The summed E-state index contributed by atoms with van der Waals surface area (Å²) >= 11 is 3.27. The van der Waals surface area contributed by atoms with Gasteiger partial charge in [0, 0.05) is 17.6 Å². The second kappa shape index (κ2) is 4.13. The van der Waals surface area contributed by atoms with Gasteiger partial charge in [0.25, 0.3) is 0 Å². The third kappa shape index (κ3) is 2.24. The van der Waals surface area contributed by atoms with Crippen LogP contribution in [-0.4, -0.2) is 13.1 Å². The van der Waals surface area contributed by atoms with E-state index in [0.29, 0.717) is 23.2 Å². The molecule has 0 atom stereocenters. The van der Waals surface area contributed by atoms with Crippen molar-refractivity contribution in [2.75, 3.05) is 18.0 Å². The van der Waals surface area contributed by atoms with E-state index >= 15 is 0 Å². The Balaban J connectivity index is 2.37. The Labute approximate surface area is 99.7 Å². The van der Waals surface area contributed by atoms with Gasteiger partial charge in [-0.2, -0.15) is 13.2 Å². The molecule has 1 aromatic rings. The molecule has 1 heterocycles. The summed E-state index contributed by atoms with van der Waals surface area (Å²) in [4.78, 5) is 1.87. The predicted octanol–water partition coefficient (Wildman–Crippen LogP) is 3.84. The van der Waals surface area contributed by atoms with Crippen LogP contribution in [0.1, 0.15) is 5.56 Å². The van der Waals surface area contributed by atoms with Gasteiger partial charge in [-0.15, -0.1) is 0 Å². The van der Waals surface area contributed by atoms with E-state index in [9.17, 15) is 13.2 Å². The summed E-state index contributed by atoms with van der Waals surface area (Å²) in [6.45, 7) is 1.31. The number of benzene rings is 1. The fourth-order valence-electron chi connectivity index (χ4n) is 1.61. The van der Waals surface area contributed by atoms with Crippen LogP contribution in [0.3, 0.4) is 0 Å². The van der Waals surface area contributed by atoms with Crippen LogP contribution in [-0.2, 0) is 6.18 Å². The standard InChI is InChI=1S/C11H9BrF3N/c12-9-4-3-8(11(13,14)15)7-10(9)16-5-1-2-6-16/h1-4,7H,5-6H2. The molecule has 0 fully saturated rings. The summed E-state index contributed by atoms with van der Waals surface area (Å²) in [7, 11) is 0. The monoisotopic (exact) mass is 291 g/mol. The molecule has 2 rings (SSSR count). The highest BCUT2D eigenvalue weighted by Gasteiger charge is 2.31. The van der Waals surface area contributed by atoms with E-state index in [1.54, 1.807) is 0 Å². The minimum atomic E-state index is -4.29. The van der Waals surface area contributed by atoms with Crippen LogP contribution < -0.4 is 4.90 Å². The second-order valence-electron chi connectivity index (χ2n) is 3.54. The number of rotatable bonds is 1. The Hall–Kier alpha value is -0.970. The van der Waals surface area contributed by atoms with Gasteiger partial charge in [-0.1, -0.05) is 12.2 Å². The lowest BCUT2D eigenvalue weighted by Crippen LogP contribution is -2.19. The molecule has 86 valence electrons. The van der Waals surface area contributed by atoms with Gasteiger partial charge in [-0.25, -0.2) is 0 Å². The normalized spacial score (nSPS) is 15.9. The quantitative estimate of drug-likeness (QED) is 0.711. The molecule has 1 aromatic carbocycles. The highest BCUT2D eigenvalue weighted by Crippen LogP contribution is 2.35. The van der Waals surface area contributed by atoms with Gasteiger partial charge in [-0.05, 0) is 34.1 Å². The summed E-state index contributed by atoms with van der Waals surface area (Å²) in [5.41, 5.74) is -0.0302. The predicted molar refractivity (Wildman–Crippen MR) is 60.5 cm³/mol. The largest absolute Gasteiger partial charge is 0.416 e. The minimum Gasteiger partial charge on any atom is -0.363 e. The molecule has 0 N–H and O–H groups in total. The Kier molecular flexibility index (Phi) is 2.97. The van der Waals surface area contributed by atoms with E-state index in [1.807, 2.05) is 17.1 Å². The van der Waals surface area contributed by atoms with Crippen LogP contribution in [0.15, 0.2) is 34.8 Å². The zero-order valence-electron chi connectivity index (χ0n) is 8.26. The molecule has 0 radical (unpaired) electrons. The van der Waals surface area contributed by atoms with E-state index < -0.39 is 11.7 Å². The summed E-state index contributed by atoms with van der Waals surface area (Å²) < 4.78 is 38.3. The number of anilines is 1. The van der Waals surface area contributed by atoms with Gasteiger partial charge in [0.15, 0.2) is 0 Å². The Bertz CT molecular complexity index is 418. The zero-order valence-corrected chi connectivity index (χ0v) is 9.85. The molecule has 0 saturated heterocycles. The fourth-order valence-corrected chi connectivity index (χ4v) is 2.10. The lowest BCUT2D eigenvalue weighted by molar-refractivity contribution is -0.137. The number of alkyl halides is 3. The number of halogens is 4. The third-order valence-corrected chi connectivity index (χ3v) is 3.10.